The van der Waals surface area contributed by atoms with Crippen molar-refractivity contribution >= 4 is 17.6 Å². The van der Waals surface area contributed by atoms with E-state index in [1.54, 1.807) is 0 Å². The zero-order chi connectivity index (χ0) is 12.4. The molecular weight excluding hydrogens is 230 g/mol. The number of nitrogens with two attached hydrogens (primary N) is 1. The summed E-state index contributed by atoms with van der Waals surface area (Å²) in [6, 6.07) is 4.61. The topological polar surface area (TPSA) is 42.2 Å². The first-order chi connectivity index (χ1) is 8.11. The highest BCUT2D eigenvalue weighted by atomic mass is 32.2. The van der Waals surface area contributed by atoms with Gasteiger partial charge in [0.25, 0.3) is 0 Å². The molecule has 3 nitrogen and oxygen atoms in total. The lowest BCUT2D eigenvalue weighted by molar-refractivity contribution is 0.613. The molecule has 17 heavy (non-hydrogen) atoms. The van der Waals surface area contributed by atoms with Crippen molar-refractivity contribution in [2.75, 3.05) is 17.2 Å². The molecule has 1 aromatic heterocycles. The summed E-state index contributed by atoms with van der Waals surface area (Å²) in [6.07, 6.45) is 1.86. The van der Waals surface area contributed by atoms with Gasteiger partial charge in [0.2, 0.25) is 0 Å². The number of aromatic nitrogens is 1. The molecule has 2 unspecified atom stereocenters. The van der Waals surface area contributed by atoms with Crippen LogP contribution in [0.25, 0.3) is 0 Å². The second-order valence-corrected chi connectivity index (χ2v) is 6.20. The fraction of sp³-hybridized carbons (Fsp3) is 0.615. The fourth-order valence-corrected chi connectivity index (χ4v) is 3.34. The number of rotatable bonds is 2. The van der Waals surface area contributed by atoms with Crippen molar-refractivity contribution in [3.05, 3.63) is 23.9 Å². The lowest BCUT2D eigenvalue weighted by atomic mass is 10.1. The van der Waals surface area contributed by atoms with Gasteiger partial charge in [0.05, 0.1) is 0 Å². The van der Waals surface area contributed by atoms with E-state index in [1.165, 1.54) is 5.75 Å². The van der Waals surface area contributed by atoms with Crippen molar-refractivity contribution in [2.24, 2.45) is 5.73 Å². The molecule has 0 bridgehead atoms. The van der Waals surface area contributed by atoms with Crippen LogP contribution in [0.5, 0.6) is 0 Å². The number of hydrogen-bond acceptors (Lipinski definition) is 4. The maximum absolute atomic E-state index is 6.03. The molecule has 2 rings (SSSR count). The molecule has 2 N–H and O–H groups in total. The van der Waals surface area contributed by atoms with E-state index in [-0.39, 0.29) is 6.04 Å². The van der Waals surface area contributed by atoms with Crippen LogP contribution in [-0.2, 0) is 0 Å². The maximum atomic E-state index is 6.03. The minimum atomic E-state index is 0.0378. The van der Waals surface area contributed by atoms with Crippen LogP contribution in [0.15, 0.2) is 18.3 Å². The Hall–Kier alpha value is -0.740. The predicted octanol–water partition coefficient (Wildman–Crippen LogP) is 2.43. The Morgan fingerprint density at radius 1 is 1.53 bits per heavy atom. The van der Waals surface area contributed by atoms with Crippen LogP contribution in [-0.4, -0.2) is 28.6 Å². The highest BCUT2D eigenvalue weighted by Gasteiger charge is 2.27. The van der Waals surface area contributed by atoms with E-state index in [2.05, 4.69) is 29.8 Å². The lowest BCUT2D eigenvalue weighted by Crippen LogP contribution is -2.45. The Bertz CT molecular complexity index is 381. The molecule has 3 atom stereocenters. The van der Waals surface area contributed by atoms with Gasteiger partial charge in [0.1, 0.15) is 5.82 Å². The first-order valence-corrected chi connectivity index (χ1v) is 7.25. The quantitative estimate of drug-likeness (QED) is 0.876. The summed E-state index contributed by atoms with van der Waals surface area (Å²) >= 11 is 2.04. The van der Waals surface area contributed by atoms with Crippen LogP contribution in [0.4, 0.5) is 5.82 Å². The summed E-state index contributed by atoms with van der Waals surface area (Å²) in [4.78, 5) is 6.95. The van der Waals surface area contributed by atoms with Crippen molar-refractivity contribution in [3.63, 3.8) is 0 Å². The molecular formula is C13H21N3S. The summed E-state index contributed by atoms with van der Waals surface area (Å²) in [5.41, 5.74) is 7.18. The van der Waals surface area contributed by atoms with Crippen LogP contribution < -0.4 is 10.6 Å². The third-order valence-corrected chi connectivity index (χ3v) is 4.80. The van der Waals surface area contributed by atoms with E-state index in [9.17, 15) is 0 Å². The van der Waals surface area contributed by atoms with Crippen molar-refractivity contribution in [1.82, 2.24) is 4.98 Å². The second kappa shape index (κ2) is 5.27. The predicted molar refractivity (Wildman–Crippen MR) is 75.6 cm³/mol. The number of hydrogen-bond donors (Lipinski definition) is 1. The van der Waals surface area contributed by atoms with Gasteiger partial charge >= 0.3 is 0 Å². The van der Waals surface area contributed by atoms with Crippen molar-refractivity contribution < 1.29 is 0 Å². The SMILES string of the molecule is CC1SCCN(c2ncccc2[C@H](C)N)C1C. The molecule has 0 aromatic carbocycles. The van der Waals surface area contributed by atoms with Crippen LogP contribution in [0.2, 0.25) is 0 Å². The average Bonchev–Trinajstić information content (AvgIpc) is 2.33. The Balaban J connectivity index is 2.32. The molecule has 0 saturated carbocycles. The van der Waals surface area contributed by atoms with Crippen molar-refractivity contribution in [1.29, 1.82) is 0 Å². The minimum absolute atomic E-state index is 0.0378. The number of thioether (sulfide) groups is 1. The number of anilines is 1. The van der Waals surface area contributed by atoms with Crippen LogP contribution >= 0.6 is 11.8 Å². The molecule has 4 heteroatoms. The lowest BCUT2D eigenvalue weighted by Gasteiger charge is -2.39. The molecule has 1 aliphatic rings. The number of nitrogens with zero attached hydrogens (tertiary/aromatic N) is 2. The van der Waals surface area contributed by atoms with Gasteiger partial charge in [-0.25, -0.2) is 4.98 Å². The van der Waals surface area contributed by atoms with Gasteiger partial charge in [-0.15, -0.1) is 0 Å². The van der Waals surface area contributed by atoms with E-state index in [0.29, 0.717) is 11.3 Å². The summed E-state index contributed by atoms with van der Waals surface area (Å²) < 4.78 is 0. The molecule has 1 aliphatic heterocycles. The smallest absolute Gasteiger partial charge is 0.133 e. The van der Waals surface area contributed by atoms with E-state index < -0.39 is 0 Å². The van der Waals surface area contributed by atoms with Gasteiger partial charge < -0.3 is 10.6 Å². The summed E-state index contributed by atoms with van der Waals surface area (Å²) in [7, 11) is 0. The highest BCUT2D eigenvalue weighted by Crippen LogP contribution is 2.31. The Kier molecular flexibility index (Phi) is 3.94. The van der Waals surface area contributed by atoms with Crippen LogP contribution in [0.1, 0.15) is 32.4 Å². The zero-order valence-electron chi connectivity index (χ0n) is 10.8. The zero-order valence-corrected chi connectivity index (χ0v) is 11.6. The Morgan fingerprint density at radius 3 is 3.00 bits per heavy atom. The summed E-state index contributed by atoms with van der Waals surface area (Å²) in [6.45, 7) is 7.65. The minimum Gasteiger partial charge on any atom is -0.352 e. The average molecular weight is 251 g/mol. The molecule has 0 amide bonds. The highest BCUT2D eigenvalue weighted by molar-refractivity contribution is 8.00. The first-order valence-electron chi connectivity index (χ1n) is 6.20. The third-order valence-electron chi connectivity index (χ3n) is 3.46. The van der Waals surface area contributed by atoms with Gasteiger partial charge in [0.15, 0.2) is 0 Å². The molecule has 2 heterocycles. The van der Waals surface area contributed by atoms with E-state index in [1.807, 2.05) is 30.9 Å². The molecule has 1 aromatic rings. The normalized spacial score (nSPS) is 26.9. The molecule has 94 valence electrons. The Morgan fingerprint density at radius 2 is 2.29 bits per heavy atom. The van der Waals surface area contributed by atoms with Gasteiger partial charge in [-0.2, -0.15) is 11.8 Å². The molecule has 0 spiro atoms. The number of pyridine rings is 1. The second-order valence-electron chi connectivity index (χ2n) is 4.71. The maximum Gasteiger partial charge on any atom is 0.133 e. The molecule has 0 aliphatic carbocycles. The van der Waals surface area contributed by atoms with Gasteiger partial charge in [-0.1, -0.05) is 13.0 Å². The van der Waals surface area contributed by atoms with Gasteiger partial charge in [0, 0.05) is 41.4 Å². The van der Waals surface area contributed by atoms with Crippen molar-refractivity contribution in [3.8, 4) is 0 Å². The largest absolute Gasteiger partial charge is 0.352 e. The van der Waals surface area contributed by atoms with Gasteiger partial charge in [-0.3, -0.25) is 0 Å². The summed E-state index contributed by atoms with van der Waals surface area (Å²) in [5.74, 6) is 2.24. The Labute approximate surface area is 108 Å². The van der Waals surface area contributed by atoms with Crippen molar-refractivity contribution in [2.45, 2.75) is 38.1 Å². The standard InChI is InChI=1S/C13H21N3S/c1-9(14)12-5-4-6-15-13(12)16-7-8-17-11(3)10(16)2/h4-6,9-11H,7-8,14H2,1-3H3/t9-,10?,11?/m0/s1. The molecule has 1 fully saturated rings. The summed E-state index contributed by atoms with van der Waals surface area (Å²) in [5, 5.41) is 0.645. The van der Waals surface area contributed by atoms with Crippen LogP contribution in [0, 0.1) is 0 Å². The van der Waals surface area contributed by atoms with Gasteiger partial charge in [-0.05, 0) is 19.9 Å². The monoisotopic (exact) mass is 251 g/mol. The van der Waals surface area contributed by atoms with E-state index in [0.717, 1.165) is 17.9 Å². The first kappa shape index (κ1) is 12.7. The van der Waals surface area contributed by atoms with E-state index >= 15 is 0 Å². The van der Waals surface area contributed by atoms with Crippen LogP contribution in [0.3, 0.4) is 0 Å². The fourth-order valence-electron chi connectivity index (χ4n) is 2.24. The molecule has 0 radical (unpaired) electrons. The third kappa shape index (κ3) is 2.58. The molecule has 1 saturated heterocycles. The van der Waals surface area contributed by atoms with E-state index in [4.69, 9.17) is 5.73 Å².